The molecular formula is C26H23N3O2. The van der Waals surface area contributed by atoms with Gasteiger partial charge in [-0.05, 0) is 54.8 Å². The molecule has 5 nitrogen and oxygen atoms in total. The molecular weight excluding hydrogens is 386 g/mol. The highest BCUT2D eigenvalue weighted by molar-refractivity contribution is 6.05. The minimum Gasteiger partial charge on any atom is -0.340 e. The standard InChI is InChI=1S/C26H23N3O2/c30-25(20-11-5-2-6-12-20)29-24(17-16-19-9-3-1-4-10-19)26(31)28-23-15-7-14-22-21(23)13-8-18-27-22/h1-15,18,24H,16-17H2,(H,28,31)(H,29,30). The number of nitrogens with zero attached hydrogens (tertiary/aromatic N) is 1. The van der Waals surface area contributed by atoms with Crippen molar-refractivity contribution in [3.63, 3.8) is 0 Å². The molecule has 0 fully saturated rings. The molecule has 4 rings (SSSR count). The zero-order valence-corrected chi connectivity index (χ0v) is 17.0. The Morgan fingerprint density at radius 3 is 2.32 bits per heavy atom. The Hall–Kier alpha value is -3.99. The molecule has 0 saturated heterocycles. The summed E-state index contributed by atoms with van der Waals surface area (Å²) < 4.78 is 0. The van der Waals surface area contributed by atoms with E-state index in [2.05, 4.69) is 15.6 Å². The van der Waals surface area contributed by atoms with Crippen molar-refractivity contribution < 1.29 is 9.59 Å². The third-order valence-corrected chi connectivity index (χ3v) is 5.13. The number of aromatic nitrogens is 1. The number of fused-ring (bicyclic) bond motifs is 1. The van der Waals surface area contributed by atoms with Gasteiger partial charge in [0.15, 0.2) is 0 Å². The number of carbonyl (C=O) groups excluding carboxylic acids is 2. The first-order valence-corrected chi connectivity index (χ1v) is 10.2. The maximum absolute atomic E-state index is 13.2. The van der Waals surface area contributed by atoms with Gasteiger partial charge in [-0.15, -0.1) is 0 Å². The summed E-state index contributed by atoms with van der Waals surface area (Å²) in [6.45, 7) is 0. The second-order valence-corrected chi connectivity index (χ2v) is 7.28. The van der Waals surface area contributed by atoms with E-state index in [9.17, 15) is 9.59 Å². The molecule has 0 spiro atoms. The normalized spacial score (nSPS) is 11.6. The van der Waals surface area contributed by atoms with Crippen LogP contribution in [-0.2, 0) is 11.2 Å². The molecule has 1 heterocycles. The van der Waals surface area contributed by atoms with E-state index in [1.807, 2.05) is 66.7 Å². The van der Waals surface area contributed by atoms with Crippen LogP contribution in [-0.4, -0.2) is 22.8 Å². The number of carbonyl (C=O) groups is 2. The van der Waals surface area contributed by atoms with Crippen molar-refractivity contribution in [3.8, 4) is 0 Å². The fourth-order valence-electron chi connectivity index (χ4n) is 3.49. The minimum absolute atomic E-state index is 0.253. The quantitative estimate of drug-likeness (QED) is 0.468. The zero-order valence-electron chi connectivity index (χ0n) is 17.0. The van der Waals surface area contributed by atoms with Crippen molar-refractivity contribution in [2.75, 3.05) is 5.32 Å². The Labute approximate surface area is 181 Å². The summed E-state index contributed by atoms with van der Waals surface area (Å²) in [6, 6.07) is 27.5. The van der Waals surface area contributed by atoms with Crippen LogP contribution in [0.5, 0.6) is 0 Å². The van der Waals surface area contributed by atoms with E-state index < -0.39 is 6.04 Å². The maximum Gasteiger partial charge on any atom is 0.251 e. The van der Waals surface area contributed by atoms with Crippen molar-refractivity contribution in [2.24, 2.45) is 0 Å². The summed E-state index contributed by atoms with van der Waals surface area (Å²) >= 11 is 0. The summed E-state index contributed by atoms with van der Waals surface area (Å²) in [5.41, 5.74) is 3.11. The summed E-state index contributed by atoms with van der Waals surface area (Å²) in [4.78, 5) is 30.3. The molecule has 1 aromatic heterocycles. The van der Waals surface area contributed by atoms with Crippen LogP contribution in [0, 0.1) is 0 Å². The zero-order chi connectivity index (χ0) is 21.5. The predicted octanol–water partition coefficient (Wildman–Crippen LogP) is 4.60. The van der Waals surface area contributed by atoms with Crippen LogP contribution in [0.25, 0.3) is 10.9 Å². The van der Waals surface area contributed by atoms with Gasteiger partial charge < -0.3 is 10.6 Å². The summed E-state index contributed by atoms with van der Waals surface area (Å²) in [5.74, 6) is -0.523. The topological polar surface area (TPSA) is 71.1 Å². The number of nitrogens with one attached hydrogen (secondary N) is 2. The molecule has 0 aliphatic carbocycles. The predicted molar refractivity (Wildman–Crippen MR) is 123 cm³/mol. The van der Waals surface area contributed by atoms with Gasteiger partial charge in [-0.1, -0.05) is 54.6 Å². The number of aryl methyl sites for hydroxylation is 1. The molecule has 3 aromatic carbocycles. The van der Waals surface area contributed by atoms with Crippen molar-refractivity contribution in [1.82, 2.24) is 10.3 Å². The van der Waals surface area contributed by atoms with Crippen LogP contribution in [0.4, 0.5) is 5.69 Å². The molecule has 0 radical (unpaired) electrons. The van der Waals surface area contributed by atoms with Crippen LogP contribution in [0.1, 0.15) is 22.3 Å². The first-order valence-electron chi connectivity index (χ1n) is 10.2. The molecule has 1 unspecified atom stereocenters. The van der Waals surface area contributed by atoms with Crippen molar-refractivity contribution in [2.45, 2.75) is 18.9 Å². The molecule has 2 amide bonds. The molecule has 5 heteroatoms. The number of amides is 2. The largest absolute Gasteiger partial charge is 0.340 e. The summed E-state index contributed by atoms with van der Waals surface area (Å²) in [5, 5.41) is 6.75. The Morgan fingerprint density at radius 1 is 0.806 bits per heavy atom. The molecule has 31 heavy (non-hydrogen) atoms. The van der Waals surface area contributed by atoms with Gasteiger partial charge in [-0.2, -0.15) is 0 Å². The third kappa shape index (κ3) is 5.14. The lowest BCUT2D eigenvalue weighted by molar-refractivity contribution is -0.118. The van der Waals surface area contributed by atoms with Gasteiger partial charge in [-0.25, -0.2) is 0 Å². The van der Waals surface area contributed by atoms with E-state index in [0.29, 0.717) is 24.1 Å². The molecule has 1 atom stereocenters. The van der Waals surface area contributed by atoms with Crippen molar-refractivity contribution in [3.05, 3.63) is 108 Å². The number of benzene rings is 3. The maximum atomic E-state index is 13.2. The van der Waals surface area contributed by atoms with Crippen LogP contribution >= 0.6 is 0 Å². The van der Waals surface area contributed by atoms with E-state index in [1.165, 1.54) is 0 Å². The molecule has 0 saturated carbocycles. The SMILES string of the molecule is O=C(NC(CCc1ccccc1)C(=O)Nc1cccc2ncccc12)c1ccccc1. The lowest BCUT2D eigenvalue weighted by Gasteiger charge is -2.19. The van der Waals surface area contributed by atoms with Crippen LogP contribution in [0.2, 0.25) is 0 Å². The molecule has 0 aliphatic rings. The van der Waals surface area contributed by atoms with Gasteiger partial charge in [0.25, 0.3) is 5.91 Å². The Bertz CT molecular complexity index is 1170. The van der Waals surface area contributed by atoms with Crippen molar-refractivity contribution >= 4 is 28.4 Å². The first kappa shape index (κ1) is 20.3. The Kier molecular flexibility index (Phi) is 6.33. The van der Waals surface area contributed by atoms with Crippen LogP contribution in [0.3, 0.4) is 0 Å². The number of pyridine rings is 1. The fourth-order valence-corrected chi connectivity index (χ4v) is 3.49. The summed E-state index contributed by atoms with van der Waals surface area (Å²) in [7, 11) is 0. The number of hydrogen-bond acceptors (Lipinski definition) is 3. The second-order valence-electron chi connectivity index (χ2n) is 7.28. The number of hydrogen-bond donors (Lipinski definition) is 2. The molecule has 0 bridgehead atoms. The van der Waals surface area contributed by atoms with E-state index in [1.54, 1.807) is 30.5 Å². The van der Waals surface area contributed by atoms with Gasteiger partial charge in [0, 0.05) is 17.1 Å². The molecule has 0 aliphatic heterocycles. The van der Waals surface area contributed by atoms with E-state index in [4.69, 9.17) is 0 Å². The molecule has 4 aromatic rings. The first-order chi connectivity index (χ1) is 15.2. The highest BCUT2D eigenvalue weighted by atomic mass is 16.2. The van der Waals surface area contributed by atoms with Gasteiger partial charge in [0.05, 0.1) is 11.2 Å². The molecule has 2 N–H and O–H groups in total. The average molecular weight is 409 g/mol. The average Bonchev–Trinajstić information content (AvgIpc) is 2.83. The number of anilines is 1. The lowest BCUT2D eigenvalue weighted by atomic mass is 10.0. The van der Waals surface area contributed by atoms with Crippen molar-refractivity contribution in [1.29, 1.82) is 0 Å². The summed E-state index contributed by atoms with van der Waals surface area (Å²) in [6.07, 6.45) is 2.87. The number of rotatable bonds is 7. The second kappa shape index (κ2) is 9.67. The minimum atomic E-state index is -0.681. The van der Waals surface area contributed by atoms with Crippen LogP contribution in [0.15, 0.2) is 97.2 Å². The highest BCUT2D eigenvalue weighted by Crippen LogP contribution is 2.21. The Morgan fingerprint density at radius 2 is 1.55 bits per heavy atom. The van der Waals surface area contributed by atoms with Gasteiger partial charge in [-0.3, -0.25) is 14.6 Å². The van der Waals surface area contributed by atoms with Gasteiger partial charge >= 0.3 is 0 Å². The smallest absolute Gasteiger partial charge is 0.251 e. The van der Waals surface area contributed by atoms with E-state index >= 15 is 0 Å². The monoisotopic (exact) mass is 409 g/mol. The lowest BCUT2D eigenvalue weighted by Crippen LogP contribution is -2.44. The van der Waals surface area contributed by atoms with Crippen LogP contribution < -0.4 is 10.6 Å². The van der Waals surface area contributed by atoms with E-state index in [0.717, 1.165) is 16.5 Å². The highest BCUT2D eigenvalue weighted by Gasteiger charge is 2.22. The van der Waals surface area contributed by atoms with Gasteiger partial charge in [0.1, 0.15) is 6.04 Å². The molecule has 154 valence electrons. The van der Waals surface area contributed by atoms with Gasteiger partial charge in [0.2, 0.25) is 5.91 Å². The van der Waals surface area contributed by atoms with E-state index in [-0.39, 0.29) is 11.8 Å². The fraction of sp³-hybridized carbons (Fsp3) is 0.115. The third-order valence-electron chi connectivity index (χ3n) is 5.13. The Balaban J connectivity index is 1.54.